The molecule has 1 aromatic carbocycles. The van der Waals surface area contributed by atoms with Gasteiger partial charge >= 0.3 is 0 Å². The normalized spacial score (nSPS) is 10.9. The number of furan rings is 1. The van der Waals surface area contributed by atoms with Crippen LogP contribution in [0.25, 0.3) is 0 Å². The number of hydrogen-bond donors (Lipinski definition) is 0. The van der Waals surface area contributed by atoms with Crippen molar-refractivity contribution in [1.82, 2.24) is 4.90 Å². The smallest absolute Gasteiger partial charge is 0.164 e. The third-order valence-electron chi connectivity index (χ3n) is 2.89. The molecule has 0 amide bonds. The minimum atomic E-state index is 0.166. The summed E-state index contributed by atoms with van der Waals surface area (Å²) in [6.07, 6.45) is 2.18. The van der Waals surface area contributed by atoms with Crippen molar-refractivity contribution in [3.8, 4) is 0 Å². The van der Waals surface area contributed by atoms with Crippen LogP contribution < -0.4 is 0 Å². The van der Waals surface area contributed by atoms with E-state index in [0.717, 1.165) is 28.9 Å². The van der Waals surface area contributed by atoms with Crippen molar-refractivity contribution in [2.24, 2.45) is 0 Å². The van der Waals surface area contributed by atoms with E-state index in [1.54, 1.807) is 6.26 Å². The van der Waals surface area contributed by atoms with Crippen LogP contribution in [0.1, 0.15) is 22.5 Å². The first-order valence-corrected chi connectivity index (χ1v) is 6.94. The Bertz CT molecular complexity index is 520. The van der Waals surface area contributed by atoms with Gasteiger partial charge in [-0.05, 0) is 31.3 Å². The van der Waals surface area contributed by atoms with Crippen LogP contribution in [0.5, 0.6) is 0 Å². The molecule has 1 heterocycles. The van der Waals surface area contributed by atoms with Gasteiger partial charge in [0.2, 0.25) is 0 Å². The van der Waals surface area contributed by atoms with E-state index in [1.165, 1.54) is 0 Å². The number of nitrogens with zero attached hydrogens (tertiary/aromatic N) is 1. The SMILES string of the molecule is CN(CCC(=O)c1ccc(Br)cc1)Cc1ccco1. The maximum atomic E-state index is 12.0. The van der Waals surface area contributed by atoms with Gasteiger partial charge < -0.3 is 4.42 Å². The summed E-state index contributed by atoms with van der Waals surface area (Å²) in [4.78, 5) is 14.1. The Morgan fingerprint density at radius 2 is 2.00 bits per heavy atom. The summed E-state index contributed by atoms with van der Waals surface area (Å²) < 4.78 is 6.26. The van der Waals surface area contributed by atoms with Crippen molar-refractivity contribution >= 4 is 21.7 Å². The van der Waals surface area contributed by atoms with Crippen LogP contribution in [0.4, 0.5) is 0 Å². The minimum Gasteiger partial charge on any atom is -0.468 e. The maximum Gasteiger partial charge on any atom is 0.164 e. The zero-order valence-corrected chi connectivity index (χ0v) is 12.4. The molecule has 0 unspecified atom stereocenters. The number of hydrogen-bond acceptors (Lipinski definition) is 3. The zero-order valence-electron chi connectivity index (χ0n) is 10.8. The molecule has 0 radical (unpaired) electrons. The molecule has 0 saturated carbocycles. The highest BCUT2D eigenvalue weighted by Gasteiger charge is 2.08. The molecule has 1 aromatic heterocycles. The lowest BCUT2D eigenvalue weighted by Crippen LogP contribution is -2.21. The number of rotatable bonds is 6. The third kappa shape index (κ3) is 4.33. The van der Waals surface area contributed by atoms with E-state index in [0.29, 0.717) is 6.42 Å². The average molecular weight is 322 g/mol. The number of halogens is 1. The van der Waals surface area contributed by atoms with Crippen LogP contribution >= 0.6 is 15.9 Å². The number of carbonyl (C=O) groups excluding carboxylic acids is 1. The van der Waals surface area contributed by atoms with Crippen molar-refractivity contribution in [2.45, 2.75) is 13.0 Å². The molecule has 4 heteroatoms. The number of ketones is 1. The average Bonchev–Trinajstić information content (AvgIpc) is 2.89. The van der Waals surface area contributed by atoms with Crippen molar-refractivity contribution in [3.63, 3.8) is 0 Å². The summed E-state index contributed by atoms with van der Waals surface area (Å²) in [5.41, 5.74) is 0.759. The van der Waals surface area contributed by atoms with Gasteiger partial charge in [-0.2, -0.15) is 0 Å². The van der Waals surface area contributed by atoms with Crippen molar-refractivity contribution in [1.29, 1.82) is 0 Å². The lowest BCUT2D eigenvalue weighted by atomic mass is 10.1. The van der Waals surface area contributed by atoms with Crippen LogP contribution in [-0.4, -0.2) is 24.3 Å². The summed E-state index contributed by atoms with van der Waals surface area (Å²) in [6, 6.07) is 11.3. The Kier molecular flexibility index (Phi) is 4.93. The summed E-state index contributed by atoms with van der Waals surface area (Å²) in [5, 5.41) is 0. The number of benzene rings is 1. The first kappa shape index (κ1) is 14.0. The van der Waals surface area contributed by atoms with Crippen molar-refractivity contribution in [3.05, 3.63) is 58.5 Å². The Balaban J connectivity index is 1.81. The molecule has 2 aromatic rings. The number of carbonyl (C=O) groups is 1. The topological polar surface area (TPSA) is 33.5 Å². The molecule has 3 nitrogen and oxygen atoms in total. The van der Waals surface area contributed by atoms with E-state index >= 15 is 0 Å². The van der Waals surface area contributed by atoms with Gasteiger partial charge in [0.25, 0.3) is 0 Å². The highest BCUT2D eigenvalue weighted by Crippen LogP contribution is 2.12. The Hall–Kier alpha value is -1.39. The van der Waals surface area contributed by atoms with Gasteiger partial charge in [0.15, 0.2) is 5.78 Å². The lowest BCUT2D eigenvalue weighted by molar-refractivity contribution is 0.0966. The monoisotopic (exact) mass is 321 g/mol. The van der Waals surface area contributed by atoms with E-state index in [9.17, 15) is 4.79 Å². The van der Waals surface area contributed by atoms with Gasteiger partial charge in [0, 0.05) is 23.0 Å². The fraction of sp³-hybridized carbons (Fsp3) is 0.267. The van der Waals surface area contributed by atoms with E-state index in [1.807, 2.05) is 43.4 Å². The molecule has 0 aliphatic carbocycles. The van der Waals surface area contributed by atoms with E-state index in [2.05, 4.69) is 20.8 Å². The lowest BCUT2D eigenvalue weighted by Gasteiger charge is -2.14. The van der Waals surface area contributed by atoms with Crippen LogP contribution in [0, 0.1) is 0 Å². The molecule has 0 N–H and O–H groups in total. The standard InChI is InChI=1S/C15H16BrNO2/c1-17(11-14-3-2-10-19-14)9-8-15(18)12-4-6-13(16)7-5-12/h2-7,10H,8-9,11H2,1H3. The Morgan fingerprint density at radius 1 is 1.26 bits per heavy atom. The Morgan fingerprint density at radius 3 is 2.63 bits per heavy atom. The molecular weight excluding hydrogens is 306 g/mol. The summed E-state index contributed by atoms with van der Waals surface area (Å²) in [6.45, 7) is 1.44. The predicted octanol–water partition coefficient (Wildman–Crippen LogP) is 3.75. The number of Topliss-reactive ketones (excluding diaryl/α,β-unsaturated/α-hetero) is 1. The largest absolute Gasteiger partial charge is 0.468 e. The minimum absolute atomic E-state index is 0.166. The molecule has 0 bridgehead atoms. The van der Waals surface area contributed by atoms with E-state index in [-0.39, 0.29) is 5.78 Å². The predicted molar refractivity (Wildman–Crippen MR) is 78.1 cm³/mol. The second-order valence-electron chi connectivity index (χ2n) is 4.50. The van der Waals surface area contributed by atoms with Gasteiger partial charge in [-0.25, -0.2) is 0 Å². The summed E-state index contributed by atoms with van der Waals surface area (Å²) in [5.74, 6) is 1.08. The summed E-state index contributed by atoms with van der Waals surface area (Å²) >= 11 is 3.36. The molecule has 100 valence electrons. The molecule has 0 fully saturated rings. The van der Waals surface area contributed by atoms with Gasteiger partial charge in [-0.15, -0.1) is 0 Å². The van der Waals surface area contributed by atoms with Crippen LogP contribution in [0.3, 0.4) is 0 Å². The molecule has 0 aliphatic heterocycles. The first-order chi connectivity index (χ1) is 9.15. The van der Waals surface area contributed by atoms with Gasteiger partial charge in [0.05, 0.1) is 12.8 Å². The van der Waals surface area contributed by atoms with Crippen molar-refractivity contribution < 1.29 is 9.21 Å². The first-order valence-electron chi connectivity index (χ1n) is 6.15. The third-order valence-corrected chi connectivity index (χ3v) is 3.42. The molecule has 0 aliphatic rings. The van der Waals surface area contributed by atoms with E-state index < -0.39 is 0 Å². The molecular formula is C15H16BrNO2. The van der Waals surface area contributed by atoms with Crippen LogP contribution in [0.15, 0.2) is 51.6 Å². The second kappa shape index (κ2) is 6.68. The fourth-order valence-electron chi connectivity index (χ4n) is 1.82. The van der Waals surface area contributed by atoms with Gasteiger partial charge in [-0.3, -0.25) is 9.69 Å². The highest BCUT2D eigenvalue weighted by atomic mass is 79.9. The molecule has 2 rings (SSSR count). The van der Waals surface area contributed by atoms with Gasteiger partial charge in [0.1, 0.15) is 5.76 Å². The van der Waals surface area contributed by atoms with Crippen LogP contribution in [-0.2, 0) is 6.54 Å². The molecule has 0 saturated heterocycles. The van der Waals surface area contributed by atoms with Crippen LogP contribution in [0.2, 0.25) is 0 Å². The maximum absolute atomic E-state index is 12.0. The van der Waals surface area contributed by atoms with Gasteiger partial charge in [-0.1, -0.05) is 28.1 Å². The van der Waals surface area contributed by atoms with E-state index in [4.69, 9.17) is 4.42 Å². The summed E-state index contributed by atoms with van der Waals surface area (Å²) in [7, 11) is 1.98. The molecule has 19 heavy (non-hydrogen) atoms. The molecule has 0 atom stereocenters. The molecule has 0 spiro atoms. The van der Waals surface area contributed by atoms with Crippen molar-refractivity contribution in [2.75, 3.05) is 13.6 Å². The fourth-order valence-corrected chi connectivity index (χ4v) is 2.08. The zero-order chi connectivity index (χ0) is 13.7. The quantitative estimate of drug-likeness (QED) is 0.760. The second-order valence-corrected chi connectivity index (χ2v) is 5.41. The highest BCUT2D eigenvalue weighted by molar-refractivity contribution is 9.10. The Labute approximate surface area is 121 Å².